The number of nitrogens with zero attached hydrogens (tertiary/aromatic N) is 14. The number of aromatic nitrogens is 8. The summed E-state index contributed by atoms with van der Waals surface area (Å²) < 4.78 is 43.8. The van der Waals surface area contributed by atoms with Crippen LogP contribution in [-0.2, 0) is 21.5 Å². The molecule has 10 aromatic rings. The van der Waals surface area contributed by atoms with E-state index in [0.717, 1.165) is 13.2 Å². The van der Waals surface area contributed by atoms with Crippen LogP contribution < -0.4 is 32.7 Å². The van der Waals surface area contributed by atoms with Gasteiger partial charge in [-0.05, 0) is 86.6 Å². The number of nitriles is 4. The number of ether oxygens (including phenoxy) is 1. The van der Waals surface area contributed by atoms with E-state index in [0.29, 0.717) is 56.4 Å². The molecule has 6 N–H and O–H groups in total. The second-order valence-corrected chi connectivity index (χ2v) is 15.9. The van der Waals surface area contributed by atoms with Crippen LogP contribution in [0.15, 0.2) is 241 Å². The molecule has 0 atom stereocenters. The number of anilines is 2. The number of nitrogen functional groups attached to an aromatic ring is 2. The number of benzene rings is 6. The number of nitrogens with two attached hydrogens (primary N) is 2. The molecule has 4 aromatic heterocycles. The number of rotatable bonds is 6. The minimum atomic E-state index is -6.00. The summed E-state index contributed by atoms with van der Waals surface area (Å²) in [6.07, 6.45) is 3.27. The Labute approximate surface area is 510 Å². The van der Waals surface area contributed by atoms with Gasteiger partial charge >= 0.3 is 24.0 Å². The van der Waals surface area contributed by atoms with Gasteiger partial charge in [-0.25, -0.2) is 0 Å². The monoisotopic (exact) mass is 1210 g/mol. The zero-order valence-electron chi connectivity index (χ0n) is 46.6. The Morgan fingerprint density at radius 2 is 0.701 bits per heavy atom. The number of hydrogen-bond acceptors (Lipinski definition) is 15. The van der Waals surface area contributed by atoms with Crippen LogP contribution in [0.2, 0.25) is 0 Å². The van der Waals surface area contributed by atoms with Gasteiger partial charge in [-0.2, -0.15) is 21.0 Å². The molecular weight excluding hydrogens is 1160 g/mol. The first-order chi connectivity index (χ1) is 41.6. The average molecular weight is 1210 g/mol. The third-order valence-corrected chi connectivity index (χ3v) is 9.61. The quantitative estimate of drug-likeness (QED) is 0.0520. The number of halogens is 4. The van der Waals surface area contributed by atoms with Gasteiger partial charge in [0, 0.05) is 36.7 Å². The third kappa shape index (κ3) is 32.0. The van der Waals surface area contributed by atoms with Crippen LogP contribution in [-0.4, -0.2) is 62.0 Å². The first-order valence-corrected chi connectivity index (χ1v) is 25.4. The minimum absolute atomic E-state index is 0. The molecule has 10 rings (SSSR count). The van der Waals surface area contributed by atoms with Crippen molar-refractivity contribution in [2.45, 2.75) is 13.8 Å². The van der Waals surface area contributed by atoms with Gasteiger partial charge in [-0.3, -0.25) is 60.7 Å². The van der Waals surface area contributed by atoms with Crippen molar-refractivity contribution in [3.63, 3.8) is 0 Å². The zero-order valence-corrected chi connectivity index (χ0v) is 47.6. The van der Waals surface area contributed by atoms with Gasteiger partial charge in [0.2, 0.25) is 0 Å². The van der Waals surface area contributed by atoms with Crippen molar-refractivity contribution in [3.8, 4) is 47.3 Å². The molecule has 0 unspecified atom stereocenters. The molecule has 87 heavy (non-hydrogen) atoms. The van der Waals surface area contributed by atoms with Crippen LogP contribution in [0, 0.1) is 56.1 Å². The molecule has 0 spiro atoms. The summed E-state index contributed by atoms with van der Waals surface area (Å²) in [6.45, 7) is 5.67. The maximum Gasteiger partial charge on any atom is 3.00 e. The third-order valence-electron chi connectivity index (χ3n) is 9.61. The first kappa shape index (κ1) is 71.5. The van der Waals surface area contributed by atoms with Crippen molar-refractivity contribution in [2.24, 2.45) is 9.98 Å². The standard InChI is InChI=1S/2C15H12N7.4C7H5N.C4H10O.BF4.Co/c2*16-12(10-6-2-1-3-7-10)19-15-21-13(20-14(17)22-15)11-8-4-5-9-18-11;4*8-6-7-4-2-1-3-5-7;1-3-5-4-2;2-1(3,4)5;/h2*1-9H,(H3-,16,17,19,20,21,22);4*1-5H;3-4H2,1-2H3;;/q2*-1;;;;;;-1;+3. The Kier molecular flexibility index (Phi) is 34.7. The predicted octanol–water partition coefficient (Wildman–Crippen LogP) is 10.6. The van der Waals surface area contributed by atoms with Crippen molar-refractivity contribution < 1.29 is 38.8 Å². The maximum atomic E-state index is 9.75. The smallest absolute Gasteiger partial charge is 0.419 e. The van der Waals surface area contributed by atoms with E-state index in [9.17, 15) is 17.3 Å². The van der Waals surface area contributed by atoms with Crippen LogP contribution in [0.4, 0.5) is 29.2 Å². The Balaban J connectivity index is 0.000000364. The fourth-order valence-corrected chi connectivity index (χ4v) is 5.86. The topological polar surface area (TPSA) is 334 Å². The van der Waals surface area contributed by atoms with E-state index in [1.54, 1.807) is 109 Å². The van der Waals surface area contributed by atoms with E-state index in [1.165, 1.54) is 0 Å². The molecule has 4 heterocycles. The van der Waals surface area contributed by atoms with Gasteiger partial charge in [0.05, 0.1) is 81.5 Å². The van der Waals surface area contributed by atoms with Gasteiger partial charge in [0.25, 0.3) is 0 Å². The summed E-state index contributed by atoms with van der Waals surface area (Å²) in [5, 5.41) is 49.1. The molecule has 6 aromatic carbocycles. The summed E-state index contributed by atoms with van der Waals surface area (Å²) >= 11 is 0. The molecule has 0 saturated carbocycles. The second-order valence-electron chi connectivity index (χ2n) is 15.9. The number of amidine groups is 2. The largest absolute Gasteiger partial charge is 3.00 e. The van der Waals surface area contributed by atoms with E-state index < -0.39 is 7.25 Å². The van der Waals surface area contributed by atoms with Crippen LogP contribution in [0.1, 0.15) is 47.2 Å². The zero-order chi connectivity index (χ0) is 62.6. The van der Waals surface area contributed by atoms with Crippen LogP contribution >= 0.6 is 0 Å². The molecule has 0 aliphatic rings. The SMILES string of the molecule is CCOCC.F[B-](F)(F)F.N#Cc1ccccc1.N#Cc1ccccc1.N#Cc1ccccc1.N#Cc1ccccc1.N=C(N=c1nc(-c2ccccn2)nc(N)[n-]1)c1ccccc1.N=C(N=c1nc(-c2ccccn2)nc(N)[n-]1)c1ccccc1.[Co+3]. The van der Waals surface area contributed by atoms with Crippen LogP contribution in [0.25, 0.3) is 23.0 Å². The number of nitrogens with one attached hydrogen (secondary N) is 2. The average Bonchev–Trinajstić information content (AvgIpc) is 3.16. The molecule has 438 valence electrons. The Morgan fingerprint density at radius 1 is 0.448 bits per heavy atom. The van der Waals surface area contributed by atoms with Crippen molar-refractivity contribution in [2.75, 3.05) is 24.7 Å². The number of pyridine rings is 2. The second kappa shape index (κ2) is 42.2. The van der Waals surface area contributed by atoms with Crippen LogP contribution in [0.5, 0.6) is 0 Å². The van der Waals surface area contributed by atoms with Gasteiger partial charge < -0.3 is 33.5 Å². The van der Waals surface area contributed by atoms with E-state index in [4.69, 9.17) is 48.1 Å². The van der Waals surface area contributed by atoms with E-state index in [-0.39, 0.29) is 51.6 Å². The van der Waals surface area contributed by atoms with Crippen molar-refractivity contribution in [1.82, 2.24) is 39.9 Å². The van der Waals surface area contributed by atoms with E-state index in [1.807, 2.05) is 159 Å². The van der Waals surface area contributed by atoms with Gasteiger partial charge in [0.15, 0.2) is 0 Å². The molecule has 0 bridgehead atoms. The van der Waals surface area contributed by atoms with Crippen LogP contribution in [0.3, 0.4) is 0 Å². The Hall–Kier alpha value is -11.6. The van der Waals surface area contributed by atoms with E-state index in [2.05, 4.69) is 49.9 Å². The minimum Gasteiger partial charge on any atom is -0.419 e. The first-order valence-electron chi connectivity index (χ1n) is 25.4. The normalized spacial score (nSPS) is 9.82. The van der Waals surface area contributed by atoms with Gasteiger partial charge in [-0.1, -0.05) is 146 Å². The summed E-state index contributed by atoms with van der Waals surface area (Å²) in [5.41, 5.74) is 16.9. The fourth-order valence-electron chi connectivity index (χ4n) is 5.86. The van der Waals surface area contributed by atoms with Crippen molar-refractivity contribution >= 4 is 30.8 Å². The fraction of sp³-hybridized carbons (Fsp3) is 0.0645. The molecule has 0 radical (unpaired) electrons. The molecule has 0 amide bonds. The van der Waals surface area contributed by atoms with Crippen molar-refractivity contribution in [1.29, 1.82) is 31.9 Å². The molecule has 19 nitrogen and oxygen atoms in total. The molecule has 0 aliphatic heterocycles. The summed E-state index contributed by atoms with van der Waals surface area (Å²) in [7, 11) is -6.00. The molecular formula is C62H54BCoF4N18O. The molecule has 0 aliphatic carbocycles. The van der Waals surface area contributed by atoms with Crippen molar-refractivity contribution in [3.05, 3.63) is 275 Å². The molecule has 0 saturated heterocycles. The van der Waals surface area contributed by atoms with Gasteiger partial charge in [0.1, 0.15) is 22.9 Å². The number of hydrogen-bond donors (Lipinski definition) is 4. The predicted molar refractivity (Wildman–Crippen MR) is 321 cm³/mol. The summed E-state index contributed by atoms with van der Waals surface area (Å²) in [5.74, 6) is 0.835. The van der Waals surface area contributed by atoms with Gasteiger partial charge in [-0.15, -0.1) is 0 Å². The van der Waals surface area contributed by atoms with E-state index >= 15 is 0 Å². The Morgan fingerprint density at radius 3 is 0.908 bits per heavy atom. The summed E-state index contributed by atoms with van der Waals surface area (Å²) in [6, 6.07) is 73.7. The molecule has 25 heteroatoms. The molecule has 0 fully saturated rings. The Bertz CT molecular complexity index is 3520. The summed E-state index contributed by atoms with van der Waals surface area (Å²) in [4.78, 5) is 40.9. The maximum absolute atomic E-state index is 9.75.